The number of nitrogens with one attached hydrogen (secondary N) is 1. The molecular weight excluding hydrogens is 310 g/mol. The molecule has 1 spiro atoms. The summed E-state index contributed by atoms with van der Waals surface area (Å²) in [5, 5.41) is 3.53. The molecule has 0 saturated carbocycles. The van der Waals surface area contributed by atoms with Gasteiger partial charge in [-0.3, -0.25) is 9.69 Å². The van der Waals surface area contributed by atoms with E-state index in [0.717, 1.165) is 58.4 Å². The number of rotatable bonds is 2. The number of hydrogen-bond donors (Lipinski definition) is 1. The van der Waals surface area contributed by atoms with Gasteiger partial charge in [0.2, 0.25) is 5.91 Å². The van der Waals surface area contributed by atoms with Crippen molar-refractivity contribution in [2.24, 2.45) is 5.41 Å². The standard InChI is InChI=1S/C18H25N3O.ClH/c1-20-10-6-18(17(20)22)7-11-21(12-8-18)13-15-4-2-3-14-5-9-19-16(14)15;/h2-4,19H,5-13H2,1H3;1H. The molecule has 0 bridgehead atoms. The van der Waals surface area contributed by atoms with Crippen LogP contribution in [0.15, 0.2) is 18.2 Å². The van der Waals surface area contributed by atoms with Gasteiger partial charge in [0.25, 0.3) is 0 Å². The maximum absolute atomic E-state index is 12.4. The van der Waals surface area contributed by atoms with Crippen molar-refractivity contribution in [2.75, 3.05) is 38.5 Å². The lowest BCUT2D eigenvalue weighted by Gasteiger charge is -2.38. The van der Waals surface area contributed by atoms with Crippen LogP contribution in [0.3, 0.4) is 0 Å². The fourth-order valence-electron chi connectivity index (χ4n) is 4.38. The first-order valence-corrected chi connectivity index (χ1v) is 8.51. The molecule has 3 heterocycles. The highest BCUT2D eigenvalue weighted by molar-refractivity contribution is 5.85. The summed E-state index contributed by atoms with van der Waals surface area (Å²) in [5.41, 5.74) is 4.20. The predicted molar refractivity (Wildman–Crippen MR) is 95.1 cm³/mol. The number of piperidine rings is 1. The molecular formula is C18H26ClN3O. The van der Waals surface area contributed by atoms with E-state index in [1.165, 1.54) is 16.8 Å². The molecule has 4 rings (SSSR count). The third-order valence-corrected chi connectivity index (χ3v) is 5.87. The topological polar surface area (TPSA) is 35.6 Å². The fourth-order valence-corrected chi connectivity index (χ4v) is 4.38. The predicted octanol–water partition coefficient (Wildman–Crippen LogP) is 2.52. The average Bonchev–Trinajstić information content (AvgIpc) is 3.12. The maximum atomic E-state index is 12.4. The second kappa shape index (κ2) is 6.33. The highest BCUT2D eigenvalue weighted by atomic mass is 35.5. The lowest BCUT2D eigenvalue weighted by molar-refractivity contribution is -0.137. The Morgan fingerprint density at radius 1 is 1.17 bits per heavy atom. The van der Waals surface area contributed by atoms with Gasteiger partial charge in [-0.05, 0) is 49.9 Å². The van der Waals surface area contributed by atoms with Crippen LogP contribution in [0.25, 0.3) is 0 Å². The van der Waals surface area contributed by atoms with Crippen molar-refractivity contribution in [3.8, 4) is 0 Å². The molecule has 1 N–H and O–H groups in total. The van der Waals surface area contributed by atoms with E-state index < -0.39 is 0 Å². The van der Waals surface area contributed by atoms with Crippen LogP contribution in [-0.4, -0.2) is 48.9 Å². The molecule has 1 aromatic rings. The van der Waals surface area contributed by atoms with E-state index in [1.54, 1.807) is 0 Å². The third-order valence-electron chi connectivity index (χ3n) is 5.87. The number of nitrogens with zero attached hydrogens (tertiary/aromatic N) is 2. The van der Waals surface area contributed by atoms with E-state index in [4.69, 9.17) is 0 Å². The quantitative estimate of drug-likeness (QED) is 0.902. The molecule has 1 amide bonds. The Bertz CT molecular complexity index is 596. The molecule has 0 aromatic heterocycles. The number of anilines is 1. The summed E-state index contributed by atoms with van der Waals surface area (Å²) in [5.74, 6) is 0.384. The molecule has 1 aromatic carbocycles. The van der Waals surface area contributed by atoms with Gasteiger partial charge >= 0.3 is 0 Å². The van der Waals surface area contributed by atoms with Crippen LogP contribution >= 0.6 is 12.4 Å². The van der Waals surface area contributed by atoms with Gasteiger partial charge in [0, 0.05) is 32.4 Å². The number of para-hydroxylation sites is 1. The summed E-state index contributed by atoms with van der Waals surface area (Å²) in [4.78, 5) is 16.8. The van der Waals surface area contributed by atoms with Gasteiger partial charge in [-0.15, -0.1) is 12.4 Å². The Hall–Kier alpha value is -1.26. The first kappa shape index (κ1) is 16.6. The van der Waals surface area contributed by atoms with E-state index in [2.05, 4.69) is 28.4 Å². The zero-order chi connectivity index (χ0) is 15.2. The van der Waals surface area contributed by atoms with Gasteiger partial charge in [0.1, 0.15) is 0 Å². The van der Waals surface area contributed by atoms with E-state index in [0.29, 0.717) is 5.91 Å². The van der Waals surface area contributed by atoms with Crippen molar-refractivity contribution in [2.45, 2.75) is 32.2 Å². The zero-order valence-electron chi connectivity index (χ0n) is 13.8. The smallest absolute Gasteiger partial charge is 0.228 e. The molecule has 0 radical (unpaired) electrons. The largest absolute Gasteiger partial charge is 0.384 e. The molecule has 23 heavy (non-hydrogen) atoms. The van der Waals surface area contributed by atoms with Crippen molar-refractivity contribution in [1.29, 1.82) is 0 Å². The Balaban J connectivity index is 0.00000156. The molecule has 4 nitrogen and oxygen atoms in total. The van der Waals surface area contributed by atoms with Crippen LogP contribution in [0.4, 0.5) is 5.69 Å². The highest BCUT2D eigenvalue weighted by Gasteiger charge is 2.46. The molecule has 3 aliphatic rings. The van der Waals surface area contributed by atoms with Crippen LogP contribution in [-0.2, 0) is 17.8 Å². The minimum absolute atomic E-state index is 0. The average molecular weight is 336 g/mol. The molecule has 0 unspecified atom stereocenters. The summed E-state index contributed by atoms with van der Waals surface area (Å²) < 4.78 is 0. The monoisotopic (exact) mass is 335 g/mol. The van der Waals surface area contributed by atoms with Gasteiger partial charge < -0.3 is 10.2 Å². The van der Waals surface area contributed by atoms with Gasteiger partial charge in [-0.2, -0.15) is 0 Å². The maximum Gasteiger partial charge on any atom is 0.228 e. The van der Waals surface area contributed by atoms with Crippen LogP contribution < -0.4 is 5.32 Å². The number of carbonyl (C=O) groups excluding carboxylic acids is 1. The van der Waals surface area contributed by atoms with Crippen molar-refractivity contribution in [3.05, 3.63) is 29.3 Å². The first-order chi connectivity index (χ1) is 10.7. The minimum atomic E-state index is -0.0395. The van der Waals surface area contributed by atoms with Crippen molar-refractivity contribution in [3.63, 3.8) is 0 Å². The van der Waals surface area contributed by atoms with E-state index in [-0.39, 0.29) is 17.8 Å². The van der Waals surface area contributed by atoms with Crippen molar-refractivity contribution < 1.29 is 4.79 Å². The molecule has 2 saturated heterocycles. The molecule has 5 heteroatoms. The van der Waals surface area contributed by atoms with E-state index in [9.17, 15) is 4.79 Å². The lowest BCUT2D eigenvalue weighted by atomic mass is 9.77. The van der Waals surface area contributed by atoms with Crippen molar-refractivity contribution >= 4 is 24.0 Å². The number of benzene rings is 1. The van der Waals surface area contributed by atoms with Crippen molar-refractivity contribution in [1.82, 2.24) is 9.80 Å². The van der Waals surface area contributed by atoms with Crippen LogP contribution in [0.5, 0.6) is 0 Å². The zero-order valence-corrected chi connectivity index (χ0v) is 14.6. The van der Waals surface area contributed by atoms with E-state index >= 15 is 0 Å². The number of amides is 1. The molecule has 126 valence electrons. The number of likely N-dealkylation sites (tertiary alicyclic amines) is 2. The summed E-state index contributed by atoms with van der Waals surface area (Å²) in [6, 6.07) is 6.66. The summed E-state index contributed by atoms with van der Waals surface area (Å²) in [6.07, 6.45) is 4.25. The Morgan fingerprint density at radius 2 is 1.91 bits per heavy atom. The van der Waals surface area contributed by atoms with Gasteiger partial charge in [-0.25, -0.2) is 0 Å². The van der Waals surface area contributed by atoms with Gasteiger partial charge in [0.15, 0.2) is 0 Å². The molecule has 0 aliphatic carbocycles. The highest BCUT2D eigenvalue weighted by Crippen LogP contribution is 2.41. The summed E-state index contributed by atoms with van der Waals surface area (Å²) >= 11 is 0. The fraction of sp³-hybridized carbons (Fsp3) is 0.611. The number of fused-ring (bicyclic) bond motifs is 1. The first-order valence-electron chi connectivity index (χ1n) is 8.51. The number of carbonyl (C=O) groups is 1. The molecule has 0 atom stereocenters. The van der Waals surface area contributed by atoms with Gasteiger partial charge in [-0.1, -0.05) is 18.2 Å². The third kappa shape index (κ3) is 2.83. The summed E-state index contributed by atoms with van der Waals surface area (Å²) in [7, 11) is 1.95. The summed E-state index contributed by atoms with van der Waals surface area (Å²) in [6.45, 7) is 5.11. The number of hydrogen-bond acceptors (Lipinski definition) is 3. The second-order valence-corrected chi connectivity index (χ2v) is 7.16. The van der Waals surface area contributed by atoms with Crippen LogP contribution in [0.1, 0.15) is 30.4 Å². The number of halogens is 1. The molecule has 3 aliphatic heterocycles. The van der Waals surface area contributed by atoms with Crippen LogP contribution in [0.2, 0.25) is 0 Å². The Kier molecular flexibility index (Phi) is 4.56. The molecule has 2 fully saturated rings. The second-order valence-electron chi connectivity index (χ2n) is 7.16. The SMILES string of the molecule is CN1CCC2(CCN(Cc3cccc4c3NCC4)CC2)C1=O.Cl. The van der Waals surface area contributed by atoms with E-state index in [1.807, 2.05) is 11.9 Å². The normalized spacial score (nSPS) is 22.8. The lowest BCUT2D eigenvalue weighted by Crippen LogP contribution is -2.43. The minimum Gasteiger partial charge on any atom is -0.384 e. The Morgan fingerprint density at radius 3 is 2.61 bits per heavy atom. The Labute approximate surface area is 144 Å². The van der Waals surface area contributed by atoms with Gasteiger partial charge in [0.05, 0.1) is 5.41 Å². The van der Waals surface area contributed by atoms with Crippen LogP contribution in [0, 0.1) is 5.41 Å².